The molecule has 21 heavy (non-hydrogen) atoms. The van der Waals surface area contributed by atoms with Gasteiger partial charge in [0, 0.05) is 37.4 Å². The Hall–Kier alpha value is -0.910. The number of hydrogen-bond acceptors (Lipinski definition) is 4. The number of likely N-dealkylation sites (tertiary alicyclic amines) is 1. The minimum atomic E-state index is 0.177. The molecule has 0 spiro atoms. The Morgan fingerprint density at radius 2 is 2.00 bits per heavy atom. The van der Waals surface area contributed by atoms with E-state index in [2.05, 4.69) is 40.8 Å². The van der Waals surface area contributed by atoms with E-state index in [0.717, 1.165) is 31.5 Å². The lowest BCUT2D eigenvalue weighted by Gasteiger charge is -2.46. The van der Waals surface area contributed by atoms with Crippen molar-refractivity contribution in [1.29, 1.82) is 0 Å². The fraction of sp³-hybridized carbons (Fsp3) is 0.812. The van der Waals surface area contributed by atoms with Crippen LogP contribution in [0.2, 0.25) is 0 Å². The SMILES string of the molecule is CCC(CC)(C(CCc1nccn1C)NN)N1CCCC1. The van der Waals surface area contributed by atoms with Gasteiger partial charge in [0.15, 0.2) is 0 Å². The molecule has 5 heteroatoms. The van der Waals surface area contributed by atoms with E-state index < -0.39 is 0 Å². The molecule has 0 aromatic carbocycles. The van der Waals surface area contributed by atoms with Gasteiger partial charge in [-0.2, -0.15) is 0 Å². The molecule has 0 bridgehead atoms. The van der Waals surface area contributed by atoms with Crippen LogP contribution >= 0.6 is 0 Å². The predicted octanol–water partition coefficient (Wildman–Crippen LogP) is 1.84. The predicted molar refractivity (Wildman–Crippen MR) is 86.8 cm³/mol. The lowest BCUT2D eigenvalue weighted by atomic mass is 9.80. The number of nitrogens with two attached hydrogens (primary N) is 1. The van der Waals surface area contributed by atoms with Crippen LogP contribution in [0.4, 0.5) is 0 Å². The van der Waals surface area contributed by atoms with Gasteiger partial charge in [-0.15, -0.1) is 0 Å². The highest BCUT2D eigenvalue weighted by Gasteiger charge is 2.41. The number of hydrogen-bond donors (Lipinski definition) is 2. The number of aromatic nitrogens is 2. The maximum absolute atomic E-state index is 5.95. The third-order valence-electron chi connectivity index (χ3n) is 5.39. The Kier molecular flexibility index (Phi) is 5.79. The van der Waals surface area contributed by atoms with Gasteiger partial charge in [-0.1, -0.05) is 13.8 Å². The van der Waals surface area contributed by atoms with Crippen LogP contribution < -0.4 is 11.3 Å². The molecule has 2 heterocycles. The zero-order valence-electron chi connectivity index (χ0n) is 13.8. The van der Waals surface area contributed by atoms with E-state index >= 15 is 0 Å². The van der Waals surface area contributed by atoms with Crippen molar-refractivity contribution < 1.29 is 0 Å². The van der Waals surface area contributed by atoms with Gasteiger partial charge in [0.05, 0.1) is 0 Å². The molecule has 120 valence electrons. The molecule has 1 saturated heterocycles. The van der Waals surface area contributed by atoms with Gasteiger partial charge in [0.25, 0.3) is 0 Å². The van der Waals surface area contributed by atoms with Crippen molar-refractivity contribution in [3.05, 3.63) is 18.2 Å². The number of nitrogens with one attached hydrogen (secondary N) is 1. The molecule has 1 aliphatic rings. The monoisotopic (exact) mass is 293 g/mol. The molecule has 0 radical (unpaired) electrons. The normalized spacial score (nSPS) is 18.3. The lowest BCUT2D eigenvalue weighted by molar-refractivity contribution is 0.0584. The third kappa shape index (κ3) is 3.30. The van der Waals surface area contributed by atoms with Gasteiger partial charge in [-0.25, -0.2) is 4.98 Å². The topological polar surface area (TPSA) is 59.1 Å². The summed E-state index contributed by atoms with van der Waals surface area (Å²) in [6.45, 7) is 7.02. The first-order chi connectivity index (χ1) is 10.2. The van der Waals surface area contributed by atoms with Gasteiger partial charge >= 0.3 is 0 Å². The Balaban J connectivity index is 2.09. The molecule has 0 amide bonds. The standard InChI is InChI=1S/C16H31N5/c1-4-16(5-2,21-11-6-7-12-21)14(19-17)8-9-15-18-10-13-20(15)3/h10,13-14,19H,4-9,11-12,17H2,1-3H3. The van der Waals surface area contributed by atoms with E-state index in [1.165, 1.54) is 25.9 Å². The molecule has 3 N–H and O–H groups in total. The summed E-state index contributed by atoms with van der Waals surface area (Å²) >= 11 is 0. The van der Waals surface area contributed by atoms with Crippen LogP contribution in [-0.2, 0) is 13.5 Å². The molecule has 1 unspecified atom stereocenters. The summed E-state index contributed by atoms with van der Waals surface area (Å²) in [7, 11) is 2.06. The largest absolute Gasteiger partial charge is 0.338 e. The van der Waals surface area contributed by atoms with E-state index in [1.807, 2.05) is 12.4 Å². The van der Waals surface area contributed by atoms with Crippen LogP contribution in [0.5, 0.6) is 0 Å². The molecule has 0 saturated carbocycles. The second kappa shape index (κ2) is 7.38. The molecule has 1 fully saturated rings. The fourth-order valence-electron chi connectivity index (χ4n) is 3.99. The quantitative estimate of drug-likeness (QED) is 0.567. The van der Waals surface area contributed by atoms with Crippen LogP contribution in [0.25, 0.3) is 0 Å². The summed E-state index contributed by atoms with van der Waals surface area (Å²) in [5.74, 6) is 7.09. The molecule has 5 nitrogen and oxygen atoms in total. The highest BCUT2D eigenvalue weighted by atomic mass is 15.3. The zero-order chi connectivity index (χ0) is 15.3. The van der Waals surface area contributed by atoms with Crippen molar-refractivity contribution in [2.45, 2.75) is 64.0 Å². The molecular formula is C16H31N5. The highest BCUT2D eigenvalue weighted by molar-refractivity contribution is 5.01. The van der Waals surface area contributed by atoms with Gasteiger partial charge in [0.2, 0.25) is 0 Å². The molecule has 1 aliphatic heterocycles. The van der Waals surface area contributed by atoms with Crippen molar-refractivity contribution in [3.63, 3.8) is 0 Å². The van der Waals surface area contributed by atoms with Crippen LogP contribution in [-0.4, -0.2) is 39.1 Å². The van der Waals surface area contributed by atoms with Gasteiger partial charge in [-0.3, -0.25) is 16.2 Å². The van der Waals surface area contributed by atoms with Crippen molar-refractivity contribution in [2.75, 3.05) is 13.1 Å². The fourth-order valence-corrected chi connectivity index (χ4v) is 3.99. The number of rotatable bonds is 8. The maximum atomic E-state index is 5.95. The van der Waals surface area contributed by atoms with Crippen LogP contribution in [0, 0.1) is 0 Å². The van der Waals surface area contributed by atoms with Crippen LogP contribution in [0.1, 0.15) is 51.8 Å². The summed E-state index contributed by atoms with van der Waals surface area (Å²) in [6, 6.07) is 0.308. The molecule has 1 atom stereocenters. The molecule has 0 aliphatic carbocycles. The third-order valence-corrected chi connectivity index (χ3v) is 5.39. The summed E-state index contributed by atoms with van der Waals surface area (Å²) in [6.07, 6.45) is 10.8. The van der Waals surface area contributed by atoms with Crippen molar-refractivity contribution in [1.82, 2.24) is 19.9 Å². The van der Waals surface area contributed by atoms with Gasteiger partial charge in [-0.05, 0) is 45.2 Å². The van der Waals surface area contributed by atoms with E-state index in [-0.39, 0.29) is 5.54 Å². The van der Waals surface area contributed by atoms with E-state index in [9.17, 15) is 0 Å². The van der Waals surface area contributed by atoms with Crippen molar-refractivity contribution in [3.8, 4) is 0 Å². The number of hydrazine groups is 1. The lowest BCUT2D eigenvalue weighted by Crippen LogP contribution is -2.61. The van der Waals surface area contributed by atoms with E-state index in [4.69, 9.17) is 5.84 Å². The first-order valence-electron chi connectivity index (χ1n) is 8.35. The number of aryl methyl sites for hydroxylation is 2. The average Bonchev–Trinajstić information content (AvgIpc) is 3.16. The minimum Gasteiger partial charge on any atom is -0.338 e. The van der Waals surface area contributed by atoms with Crippen molar-refractivity contribution >= 4 is 0 Å². The highest BCUT2D eigenvalue weighted by Crippen LogP contribution is 2.33. The summed E-state index contributed by atoms with van der Waals surface area (Å²) < 4.78 is 2.10. The number of nitrogens with zero attached hydrogens (tertiary/aromatic N) is 3. The van der Waals surface area contributed by atoms with E-state index in [0.29, 0.717) is 6.04 Å². The zero-order valence-corrected chi connectivity index (χ0v) is 13.8. The summed E-state index contributed by atoms with van der Waals surface area (Å²) in [5, 5.41) is 0. The Bertz CT molecular complexity index is 418. The summed E-state index contributed by atoms with van der Waals surface area (Å²) in [4.78, 5) is 7.10. The van der Waals surface area contributed by atoms with Gasteiger partial charge < -0.3 is 4.57 Å². The second-order valence-electron chi connectivity index (χ2n) is 6.22. The van der Waals surface area contributed by atoms with Crippen LogP contribution in [0.3, 0.4) is 0 Å². The van der Waals surface area contributed by atoms with Crippen molar-refractivity contribution in [2.24, 2.45) is 12.9 Å². The minimum absolute atomic E-state index is 0.177. The van der Waals surface area contributed by atoms with E-state index in [1.54, 1.807) is 0 Å². The Morgan fingerprint density at radius 3 is 2.48 bits per heavy atom. The molecular weight excluding hydrogens is 262 g/mol. The molecule has 2 rings (SSSR count). The smallest absolute Gasteiger partial charge is 0.108 e. The van der Waals surface area contributed by atoms with Gasteiger partial charge in [0.1, 0.15) is 5.82 Å². The first kappa shape index (κ1) is 16.5. The second-order valence-corrected chi connectivity index (χ2v) is 6.22. The molecule has 1 aromatic rings. The van der Waals surface area contributed by atoms with Crippen LogP contribution in [0.15, 0.2) is 12.4 Å². The molecule has 1 aromatic heterocycles. The first-order valence-corrected chi connectivity index (χ1v) is 8.35. The Labute approximate surface area is 128 Å². The summed E-state index contributed by atoms with van der Waals surface area (Å²) in [5.41, 5.74) is 3.30. The Morgan fingerprint density at radius 1 is 1.33 bits per heavy atom. The average molecular weight is 293 g/mol. The maximum Gasteiger partial charge on any atom is 0.108 e. The number of imidazole rings is 1.